The van der Waals surface area contributed by atoms with Crippen LogP contribution in [0.2, 0.25) is 0 Å². The molecule has 3 heterocycles. The van der Waals surface area contributed by atoms with Gasteiger partial charge in [-0.15, -0.1) is 0 Å². The number of aliphatic hydroxyl groups is 1. The molecule has 37 heavy (non-hydrogen) atoms. The van der Waals surface area contributed by atoms with Gasteiger partial charge in [0.25, 0.3) is 0 Å². The summed E-state index contributed by atoms with van der Waals surface area (Å²) in [4.78, 5) is 47.2. The SMILES string of the molecule is COC(=O)C1=C(C(=O)OC)[C@@H]2N(C)c3ccccc3[C@@]23C[C@@H](CO)N(C(=O)Nc2ccccc2F)C3=N1. The Morgan fingerprint density at radius 2 is 1.78 bits per heavy atom. The number of methoxy groups -OCH3 is 2. The van der Waals surface area contributed by atoms with Crippen LogP contribution in [0.3, 0.4) is 0 Å². The van der Waals surface area contributed by atoms with Gasteiger partial charge in [0.05, 0.1) is 49.6 Å². The predicted octanol–water partition coefficient (Wildman–Crippen LogP) is 2.19. The van der Waals surface area contributed by atoms with Crippen molar-refractivity contribution >= 4 is 35.2 Å². The molecule has 0 unspecified atom stereocenters. The number of nitrogens with zero attached hydrogens (tertiary/aromatic N) is 3. The van der Waals surface area contributed by atoms with Gasteiger partial charge in [-0.3, -0.25) is 4.90 Å². The highest BCUT2D eigenvalue weighted by Gasteiger charge is 2.66. The number of carbonyl (C=O) groups excluding carboxylic acids is 3. The Kier molecular flexibility index (Phi) is 5.95. The van der Waals surface area contributed by atoms with Crippen molar-refractivity contribution < 1.29 is 33.4 Å². The number of urea groups is 1. The Bertz CT molecular complexity index is 1370. The molecule has 1 saturated heterocycles. The van der Waals surface area contributed by atoms with Gasteiger partial charge in [0.15, 0.2) is 5.70 Å². The summed E-state index contributed by atoms with van der Waals surface area (Å²) < 4.78 is 24.3. The molecule has 3 aliphatic heterocycles. The fraction of sp³-hybridized carbons (Fsp3) is 0.308. The number of ether oxygens (including phenoxy) is 2. The lowest BCUT2D eigenvalue weighted by Crippen LogP contribution is -2.55. The Hall–Kier alpha value is -4.25. The molecule has 3 atom stereocenters. The van der Waals surface area contributed by atoms with E-state index in [1.807, 2.05) is 29.2 Å². The van der Waals surface area contributed by atoms with E-state index in [2.05, 4.69) is 10.3 Å². The highest BCUT2D eigenvalue weighted by atomic mass is 19.1. The smallest absolute Gasteiger partial charge is 0.357 e. The number of aliphatic hydroxyl groups excluding tert-OH is 1. The van der Waals surface area contributed by atoms with Gasteiger partial charge in [-0.2, -0.15) is 0 Å². The normalized spacial score (nSPS) is 23.6. The van der Waals surface area contributed by atoms with E-state index in [1.165, 1.54) is 30.2 Å². The fourth-order valence-corrected chi connectivity index (χ4v) is 5.79. The summed E-state index contributed by atoms with van der Waals surface area (Å²) in [7, 11) is 4.14. The summed E-state index contributed by atoms with van der Waals surface area (Å²) in [5.41, 5.74) is 0.0802. The fourth-order valence-electron chi connectivity index (χ4n) is 5.79. The van der Waals surface area contributed by atoms with Crippen LogP contribution in [0, 0.1) is 5.82 Å². The number of fused-ring (bicyclic) bond motifs is 1. The molecular formula is C26H25FN4O6. The van der Waals surface area contributed by atoms with Crippen molar-refractivity contribution in [1.29, 1.82) is 0 Å². The van der Waals surface area contributed by atoms with E-state index in [4.69, 9.17) is 9.47 Å². The highest BCUT2D eigenvalue weighted by molar-refractivity contribution is 6.17. The Morgan fingerprint density at radius 3 is 2.46 bits per heavy atom. The van der Waals surface area contributed by atoms with Gasteiger partial charge in [0.2, 0.25) is 0 Å². The first-order valence-electron chi connectivity index (χ1n) is 11.6. The second kappa shape index (κ2) is 9.00. The first-order valence-corrected chi connectivity index (χ1v) is 11.6. The van der Waals surface area contributed by atoms with Crippen LogP contribution < -0.4 is 10.2 Å². The van der Waals surface area contributed by atoms with Crippen molar-refractivity contribution in [2.45, 2.75) is 23.9 Å². The van der Waals surface area contributed by atoms with Gasteiger partial charge in [0, 0.05) is 12.7 Å². The Balaban J connectivity index is 1.75. The van der Waals surface area contributed by atoms with E-state index in [-0.39, 0.29) is 29.2 Å². The summed E-state index contributed by atoms with van der Waals surface area (Å²) in [6.07, 6.45) is 0.188. The Morgan fingerprint density at radius 1 is 1.11 bits per heavy atom. The Labute approximate surface area is 212 Å². The second-order valence-corrected chi connectivity index (χ2v) is 9.00. The molecule has 0 saturated carbocycles. The number of esters is 2. The molecule has 11 heteroatoms. The minimum Gasteiger partial charge on any atom is -0.466 e. The number of hydrogen-bond acceptors (Lipinski definition) is 8. The molecule has 2 aromatic rings. The van der Waals surface area contributed by atoms with Crippen molar-refractivity contribution in [2.75, 3.05) is 38.1 Å². The maximum Gasteiger partial charge on any atom is 0.357 e. The third-order valence-electron chi connectivity index (χ3n) is 7.24. The summed E-state index contributed by atoms with van der Waals surface area (Å²) in [6.45, 7) is -0.439. The predicted molar refractivity (Wildman–Crippen MR) is 132 cm³/mol. The lowest BCUT2D eigenvalue weighted by molar-refractivity contribution is -0.139. The number of likely N-dealkylation sites (N-methyl/N-ethyl adjacent to an activating group) is 1. The number of nitrogens with one attached hydrogen (secondary N) is 1. The molecule has 1 fully saturated rings. The lowest BCUT2D eigenvalue weighted by atomic mass is 9.69. The second-order valence-electron chi connectivity index (χ2n) is 9.00. The van der Waals surface area contributed by atoms with Crippen molar-refractivity contribution in [2.24, 2.45) is 4.99 Å². The number of para-hydroxylation sites is 2. The molecule has 0 radical (unpaired) electrons. The van der Waals surface area contributed by atoms with Crippen LogP contribution in [0.15, 0.2) is 64.8 Å². The molecule has 192 valence electrons. The van der Waals surface area contributed by atoms with Crippen LogP contribution in [0.4, 0.5) is 20.6 Å². The van der Waals surface area contributed by atoms with Crippen LogP contribution in [0.5, 0.6) is 0 Å². The van der Waals surface area contributed by atoms with Crippen LogP contribution in [-0.4, -0.2) is 73.8 Å². The van der Waals surface area contributed by atoms with Gasteiger partial charge in [-0.25, -0.2) is 23.8 Å². The zero-order valence-corrected chi connectivity index (χ0v) is 20.4. The third kappa shape index (κ3) is 3.41. The van der Waals surface area contributed by atoms with Crippen LogP contribution in [0.1, 0.15) is 12.0 Å². The molecule has 0 aliphatic carbocycles. The number of amidine groups is 1. The molecule has 2 aromatic carbocycles. The summed E-state index contributed by atoms with van der Waals surface area (Å²) in [5, 5.41) is 12.9. The molecule has 3 aliphatic rings. The number of carbonyl (C=O) groups is 3. The van der Waals surface area contributed by atoms with Crippen LogP contribution in [-0.2, 0) is 24.5 Å². The molecule has 0 aromatic heterocycles. The monoisotopic (exact) mass is 508 g/mol. The summed E-state index contributed by atoms with van der Waals surface area (Å²) in [5.74, 6) is -2.13. The quantitative estimate of drug-likeness (QED) is 0.608. The number of aliphatic imine (C=N–C) groups is 1. The lowest BCUT2D eigenvalue weighted by Gasteiger charge is -2.39. The van der Waals surface area contributed by atoms with Crippen molar-refractivity contribution in [1.82, 2.24) is 4.90 Å². The van der Waals surface area contributed by atoms with Gasteiger partial charge in [-0.05, 0) is 30.2 Å². The number of likely N-dealkylation sites (tertiary alicyclic amines) is 1. The summed E-state index contributed by atoms with van der Waals surface area (Å²) in [6, 6.07) is 10.8. The van der Waals surface area contributed by atoms with Gasteiger partial charge in [-0.1, -0.05) is 30.3 Å². The minimum atomic E-state index is -1.09. The van der Waals surface area contributed by atoms with Gasteiger partial charge in [0.1, 0.15) is 11.7 Å². The molecule has 10 nitrogen and oxygen atoms in total. The topological polar surface area (TPSA) is 121 Å². The molecule has 0 bridgehead atoms. The van der Waals surface area contributed by atoms with E-state index < -0.39 is 47.9 Å². The van der Waals surface area contributed by atoms with E-state index in [0.717, 1.165) is 18.4 Å². The molecule has 1 spiro atoms. The molecule has 2 amide bonds. The van der Waals surface area contributed by atoms with E-state index in [1.54, 1.807) is 13.1 Å². The maximum absolute atomic E-state index is 14.4. The first kappa shape index (κ1) is 24.4. The average molecular weight is 509 g/mol. The minimum absolute atomic E-state index is 0.00940. The largest absolute Gasteiger partial charge is 0.466 e. The third-order valence-corrected chi connectivity index (χ3v) is 7.24. The zero-order valence-electron chi connectivity index (χ0n) is 20.4. The van der Waals surface area contributed by atoms with Gasteiger partial charge < -0.3 is 24.8 Å². The van der Waals surface area contributed by atoms with Crippen LogP contribution in [0.25, 0.3) is 0 Å². The zero-order chi connectivity index (χ0) is 26.5. The maximum atomic E-state index is 14.4. The average Bonchev–Trinajstić information content (AvgIpc) is 3.39. The van der Waals surface area contributed by atoms with E-state index >= 15 is 0 Å². The van der Waals surface area contributed by atoms with Gasteiger partial charge >= 0.3 is 18.0 Å². The molecular weight excluding hydrogens is 483 g/mol. The van der Waals surface area contributed by atoms with E-state index in [0.29, 0.717) is 0 Å². The van der Waals surface area contributed by atoms with Crippen molar-refractivity contribution in [3.63, 3.8) is 0 Å². The number of rotatable bonds is 4. The van der Waals surface area contributed by atoms with Crippen molar-refractivity contribution in [3.8, 4) is 0 Å². The number of hydrogen-bond donors (Lipinski definition) is 2. The van der Waals surface area contributed by atoms with E-state index in [9.17, 15) is 23.9 Å². The first-order chi connectivity index (χ1) is 17.8. The number of halogens is 1. The van der Waals surface area contributed by atoms with Crippen LogP contribution >= 0.6 is 0 Å². The number of amides is 2. The summed E-state index contributed by atoms with van der Waals surface area (Å²) >= 11 is 0. The standard InChI is InChI=1S/C26H25FN4O6/c1-30-18-11-7-4-8-15(18)26-12-14(13-32)31(25(35)28-17-10-6-5-9-16(17)27)24(26)29-20(23(34)37-3)19(21(26)30)22(33)36-2/h4-11,14,21,32H,12-13H2,1-3H3,(H,28,35)/t14-,21-,26-/m0/s1. The van der Waals surface area contributed by atoms with Crippen molar-refractivity contribution in [3.05, 3.63) is 71.2 Å². The molecule has 2 N–H and O–H groups in total. The highest BCUT2D eigenvalue weighted by Crippen LogP contribution is 2.57. The number of benzene rings is 2. The molecule has 5 rings (SSSR count). The number of anilines is 2.